The molecule has 1 amide bonds. The van der Waals surface area contributed by atoms with Gasteiger partial charge in [-0.25, -0.2) is 0 Å². The highest BCUT2D eigenvalue weighted by Gasteiger charge is 2.38. The third kappa shape index (κ3) is 3.38. The Hall–Kier alpha value is -1.55. The van der Waals surface area contributed by atoms with Gasteiger partial charge in [0.15, 0.2) is 0 Å². The second-order valence-corrected chi connectivity index (χ2v) is 6.17. The maximum Gasteiger partial charge on any atom is 0.242 e. The first-order valence-electron chi connectivity index (χ1n) is 7.70. The molecule has 4 nitrogen and oxygen atoms in total. The zero-order valence-corrected chi connectivity index (χ0v) is 13.2. The Morgan fingerprint density at radius 3 is 2.57 bits per heavy atom. The van der Waals surface area contributed by atoms with Crippen LogP contribution in [0.15, 0.2) is 18.2 Å². The van der Waals surface area contributed by atoms with Crippen LogP contribution in [0.5, 0.6) is 5.75 Å². The number of hydrogen-bond donors (Lipinski definition) is 2. The molecule has 1 fully saturated rings. The Bertz CT molecular complexity index is 510. The molecule has 0 spiro atoms. The van der Waals surface area contributed by atoms with Crippen molar-refractivity contribution in [3.8, 4) is 5.75 Å². The van der Waals surface area contributed by atoms with Crippen LogP contribution in [0.4, 0.5) is 0 Å². The Morgan fingerprint density at radius 1 is 1.33 bits per heavy atom. The minimum Gasteiger partial charge on any atom is -0.496 e. The number of rotatable bonds is 5. The third-order valence-corrected chi connectivity index (χ3v) is 4.48. The van der Waals surface area contributed by atoms with E-state index in [4.69, 9.17) is 10.5 Å². The minimum absolute atomic E-state index is 0.335. The van der Waals surface area contributed by atoms with E-state index in [0.29, 0.717) is 11.8 Å². The summed E-state index contributed by atoms with van der Waals surface area (Å²) in [5, 5.41) is 3.50. The van der Waals surface area contributed by atoms with Gasteiger partial charge >= 0.3 is 0 Å². The molecule has 4 heteroatoms. The number of aryl methyl sites for hydroxylation is 1. The lowest BCUT2D eigenvalue weighted by Gasteiger charge is -2.35. The molecule has 0 heterocycles. The van der Waals surface area contributed by atoms with E-state index in [9.17, 15) is 4.79 Å². The molecular weight excluding hydrogens is 264 g/mol. The summed E-state index contributed by atoms with van der Waals surface area (Å²) in [5.41, 5.74) is 6.74. The quantitative estimate of drug-likeness (QED) is 0.876. The summed E-state index contributed by atoms with van der Waals surface area (Å²) in [6.07, 6.45) is 5.88. The molecule has 1 aliphatic carbocycles. The molecule has 0 aromatic heterocycles. The maximum atomic E-state index is 12.2. The number of nitrogens with two attached hydrogens (primary N) is 1. The molecule has 2 rings (SSSR count). The van der Waals surface area contributed by atoms with E-state index < -0.39 is 5.54 Å². The van der Waals surface area contributed by atoms with E-state index in [-0.39, 0.29) is 5.91 Å². The highest BCUT2D eigenvalue weighted by Crippen LogP contribution is 2.32. The Morgan fingerprint density at radius 2 is 2.00 bits per heavy atom. The molecule has 0 aliphatic heterocycles. The van der Waals surface area contributed by atoms with Crippen LogP contribution in [0, 0.1) is 6.92 Å². The van der Waals surface area contributed by atoms with Crippen molar-refractivity contribution < 1.29 is 9.53 Å². The van der Waals surface area contributed by atoms with E-state index in [2.05, 4.69) is 5.32 Å². The Labute approximate surface area is 127 Å². The monoisotopic (exact) mass is 290 g/mol. The van der Waals surface area contributed by atoms with Crippen LogP contribution in [-0.2, 0) is 10.3 Å². The third-order valence-electron chi connectivity index (χ3n) is 4.48. The van der Waals surface area contributed by atoms with Crippen LogP contribution in [0.1, 0.15) is 50.2 Å². The van der Waals surface area contributed by atoms with Crippen molar-refractivity contribution >= 4 is 5.91 Å². The average molecular weight is 290 g/mol. The van der Waals surface area contributed by atoms with E-state index >= 15 is 0 Å². The fraction of sp³-hybridized carbons (Fsp3) is 0.588. The van der Waals surface area contributed by atoms with Gasteiger partial charge in [0, 0.05) is 11.6 Å². The number of ether oxygens (including phenoxy) is 1. The lowest BCUT2D eigenvalue weighted by Crippen LogP contribution is -2.54. The van der Waals surface area contributed by atoms with Crippen molar-refractivity contribution in [3.05, 3.63) is 29.3 Å². The van der Waals surface area contributed by atoms with Gasteiger partial charge < -0.3 is 10.5 Å². The predicted molar refractivity (Wildman–Crippen MR) is 84.3 cm³/mol. The van der Waals surface area contributed by atoms with Crippen molar-refractivity contribution in [2.24, 2.45) is 5.73 Å². The largest absolute Gasteiger partial charge is 0.496 e. The number of carbonyl (C=O) groups excluding carboxylic acids is 1. The molecule has 1 unspecified atom stereocenters. The van der Waals surface area contributed by atoms with Gasteiger partial charge in [-0.15, -0.1) is 0 Å². The van der Waals surface area contributed by atoms with Gasteiger partial charge in [-0.1, -0.05) is 30.9 Å². The average Bonchev–Trinajstić information content (AvgIpc) is 2.48. The summed E-state index contributed by atoms with van der Waals surface area (Å²) < 4.78 is 5.44. The van der Waals surface area contributed by atoms with Gasteiger partial charge in [-0.05, 0) is 38.8 Å². The van der Waals surface area contributed by atoms with Gasteiger partial charge in [-0.3, -0.25) is 10.1 Å². The Balaban J connectivity index is 2.36. The molecule has 1 aromatic carbocycles. The number of benzene rings is 1. The molecule has 1 aromatic rings. The second kappa shape index (κ2) is 6.48. The summed E-state index contributed by atoms with van der Waals surface area (Å²) in [4.78, 5) is 12.2. The van der Waals surface area contributed by atoms with Crippen LogP contribution < -0.4 is 15.8 Å². The lowest BCUT2D eigenvalue weighted by molar-refractivity contribution is -0.124. The summed E-state index contributed by atoms with van der Waals surface area (Å²) in [6.45, 7) is 3.87. The summed E-state index contributed by atoms with van der Waals surface area (Å²) in [5.74, 6) is 0.335. The maximum absolute atomic E-state index is 12.2. The fourth-order valence-electron chi connectivity index (χ4n) is 3.15. The standard InChI is InChI=1S/C17H26N2O2/c1-12-9-10-15(21-3)14(11-12)17(2,16(18)20)19-13-7-5-4-6-8-13/h9-11,13,19H,4-8H2,1-3H3,(H2,18,20). The first kappa shape index (κ1) is 15.8. The molecule has 0 saturated heterocycles. The van der Waals surface area contributed by atoms with Crippen molar-refractivity contribution in [3.63, 3.8) is 0 Å². The van der Waals surface area contributed by atoms with E-state index in [0.717, 1.165) is 24.0 Å². The van der Waals surface area contributed by atoms with E-state index in [1.54, 1.807) is 7.11 Å². The van der Waals surface area contributed by atoms with Crippen molar-refractivity contribution in [2.45, 2.75) is 57.5 Å². The minimum atomic E-state index is -0.903. The zero-order valence-electron chi connectivity index (χ0n) is 13.2. The summed E-state index contributed by atoms with van der Waals surface area (Å²) in [6, 6.07) is 6.19. The highest BCUT2D eigenvalue weighted by molar-refractivity contribution is 5.86. The van der Waals surface area contributed by atoms with E-state index in [1.807, 2.05) is 32.0 Å². The Kier molecular flexibility index (Phi) is 4.88. The lowest BCUT2D eigenvalue weighted by atomic mass is 9.86. The summed E-state index contributed by atoms with van der Waals surface area (Å²) in [7, 11) is 1.62. The highest BCUT2D eigenvalue weighted by atomic mass is 16.5. The fourth-order valence-corrected chi connectivity index (χ4v) is 3.15. The van der Waals surface area contributed by atoms with Crippen LogP contribution in [0.2, 0.25) is 0 Å². The molecule has 1 saturated carbocycles. The first-order valence-corrected chi connectivity index (χ1v) is 7.70. The van der Waals surface area contributed by atoms with Gasteiger partial charge in [0.05, 0.1) is 7.11 Å². The predicted octanol–water partition coefficient (Wildman–Crippen LogP) is 2.63. The van der Waals surface area contributed by atoms with Crippen LogP contribution in [0.25, 0.3) is 0 Å². The van der Waals surface area contributed by atoms with Crippen LogP contribution in [-0.4, -0.2) is 19.1 Å². The topological polar surface area (TPSA) is 64.3 Å². The molecule has 0 bridgehead atoms. The van der Waals surface area contributed by atoms with Gasteiger partial charge in [0.1, 0.15) is 11.3 Å². The number of methoxy groups -OCH3 is 1. The second-order valence-electron chi connectivity index (χ2n) is 6.17. The van der Waals surface area contributed by atoms with Gasteiger partial charge in [0.25, 0.3) is 0 Å². The zero-order chi connectivity index (χ0) is 15.5. The number of carbonyl (C=O) groups is 1. The smallest absolute Gasteiger partial charge is 0.242 e. The van der Waals surface area contributed by atoms with Crippen LogP contribution in [0.3, 0.4) is 0 Å². The van der Waals surface area contributed by atoms with Gasteiger partial charge in [-0.2, -0.15) is 0 Å². The normalized spacial score (nSPS) is 19.0. The van der Waals surface area contributed by atoms with Crippen molar-refractivity contribution in [2.75, 3.05) is 7.11 Å². The summed E-state index contributed by atoms with van der Waals surface area (Å²) >= 11 is 0. The van der Waals surface area contributed by atoms with Crippen LogP contribution >= 0.6 is 0 Å². The molecule has 21 heavy (non-hydrogen) atoms. The van der Waals surface area contributed by atoms with Crippen molar-refractivity contribution in [1.29, 1.82) is 0 Å². The molecular formula is C17H26N2O2. The van der Waals surface area contributed by atoms with E-state index in [1.165, 1.54) is 19.3 Å². The number of amides is 1. The number of hydrogen-bond acceptors (Lipinski definition) is 3. The molecule has 1 atom stereocenters. The number of nitrogens with one attached hydrogen (secondary N) is 1. The number of primary amides is 1. The SMILES string of the molecule is COc1ccc(C)cc1C(C)(NC1CCCCC1)C(N)=O. The molecule has 0 radical (unpaired) electrons. The van der Waals surface area contributed by atoms with Crippen molar-refractivity contribution in [1.82, 2.24) is 5.32 Å². The van der Waals surface area contributed by atoms with Gasteiger partial charge in [0.2, 0.25) is 5.91 Å². The molecule has 116 valence electrons. The molecule has 1 aliphatic rings. The molecule has 3 N–H and O–H groups in total. The first-order chi connectivity index (χ1) is 9.97.